The van der Waals surface area contributed by atoms with Gasteiger partial charge in [-0.3, -0.25) is 14.4 Å². The number of pyridine rings is 1. The maximum atomic E-state index is 11.2. The summed E-state index contributed by atoms with van der Waals surface area (Å²) in [5.41, 5.74) is 3.27. The van der Waals surface area contributed by atoms with Gasteiger partial charge < -0.3 is 9.84 Å². The lowest BCUT2D eigenvalue weighted by molar-refractivity contribution is -0.122. The number of morpholine rings is 1. The van der Waals surface area contributed by atoms with Crippen molar-refractivity contribution in [2.24, 2.45) is 0 Å². The lowest BCUT2D eigenvalue weighted by atomic mass is 10.0. The number of aromatic nitrogens is 1. The highest BCUT2D eigenvalue weighted by Gasteiger charge is 2.18. The predicted molar refractivity (Wildman–Crippen MR) is 108 cm³/mol. The van der Waals surface area contributed by atoms with Crippen LogP contribution in [0.3, 0.4) is 0 Å². The molecular formula is C19H25N3O5S. The van der Waals surface area contributed by atoms with Gasteiger partial charge in [-0.2, -0.15) is 0 Å². The lowest BCUT2D eigenvalue weighted by Gasteiger charge is -2.32. The van der Waals surface area contributed by atoms with E-state index in [1.807, 2.05) is 6.07 Å². The number of sulfonamides is 1. The van der Waals surface area contributed by atoms with E-state index in [1.54, 1.807) is 12.3 Å². The van der Waals surface area contributed by atoms with Crippen LogP contribution in [0.4, 0.5) is 5.82 Å². The molecule has 0 bridgehead atoms. The summed E-state index contributed by atoms with van der Waals surface area (Å²) in [6.07, 6.45) is 2.78. The van der Waals surface area contributed by atoms with Crippen molar-refractivity contribution in [1.29, 1.82) is 0 Å². The van der Waals surface area contributed by atoms with Gasteiger partial charge in [-0.05, 0) is 30.2 Å². The summed E-state index contributed by atoms with van der Waals surface area (Å²) < 4.78 is 30.2. The normalized spacial score (nSPS) is 15.8. The smallest absolute Gasteiger partial charge is 0.290 e. The number of nitrogens with one attached hydrogen (secondary N) is 1. The number of ether oxygens (including phenoxy) is 1. The highest BCUT2D eigenvalue weighted by atomic mass is 32.2. The van der Waals surface area contributed by atoms with Gasteiger partial charge >= 0.3 is 0 Å². The molecule has 0 amide bonds. The summed E-state index contributed by atoms with van der Waals surface area (Å²) in [5, 5.41) is 6.89. The third kappa shape index (κ3) is 6.59. The number of anilines is 1. The second-order valence-corrected chi connectivity index (χ2v) is 8.11. The Hall–Kier alpha value is -2.49. The number of hydrogen-bond donors (Lipinski definition) is 2. The number of carbonyl (C=O) groups is 1. The largest absolute Gasteiger partial charge is 0.483 e. The number of benzene rings is 1. The van der Waals surface area contributed by atoms with Crippen molar-refractivity contribution < 1.29 is 23.1 Å². The number of nitrogens with zero attached hydrogens (tertiary/aromatic N) is 2. The van der Waals surface area contributed by atoms with Gasteiger partial charge in [0.05, 0.1) is 19.5 Å². The third-order valence-corrected chi connectivity index (χ3v) is 4.95. The van der Waals surface area contributed by atoms with Gasteiger partial charge in [0.15, 0.2) is 0 Å². The molecule has 1 atom stereocenters. The molecule has 0 saturated carbocycles. The molecule has 2 N–H and O–H groups in total. The number of hydrogen-bond acceptors (Lipinski definition) is 6. The fourth-order valence-corrected chi connectivity index (χ4v) is 3.45. The summed E-state index contributed by atoms with van der Waals surface area (Å²) in [7, 11) is -3.31. The molecule has 9 heteroatoms. The van der Waals surface area contributed by atoms with Crippen LogP contribution in [0, 0.1) is 0 Å². The first-order valence-corrected chi connectivity index (χ1v) is 10.7. The van der Waals surface area contributed by atoms with Crippen LogP contribution in [0.2, 0.25) is 0 Å². The molecule has 1 aromatic carbocycles. The molecular weight excluding hydrogens is 382 g/mol. The Morgan fingerprint density at radius 2 is 1.71 bits per heavy atom. The van der Waals surface area contributed by atoms with Crippen LogP contribution in [-0.2, 0) is 19.6 Å². The molecule has 28 heavy (non-hydrogen) atoms. The van der Waals surface area contributed by atoms with Crippen molar-refractivity contribution in [3.63, 3.8) is 0 Å². The van der Waals surface area contributed by atoms with Crippen LogP contribution in [0.15, 0.2) is 42.6 Å². The third-order valence-electron chi connectivity index (χ3n) is 4.37. The number of carboxylic acid groups (broad SMARTS) is 1. The zero-order valence-electron chi connectivity index (χ0n) is 15.9. The van der Waals surface area contributed by atoms with E-state index in [0.29, 0.717) is 11.9 Å². The number of rotatable bonds is 5. The van der Waals surface area contributed by atoms with Gasteiger partial charge in [-0.1, -0.05) is 24.3 Å². The molecule has 3 rings (SSSR count). The van der Waals surface area contributed by atoms with E-state index in [0.717, 1.165) is 43.7 Å². The molecule has 152 valence electrons. The topological polar surface area (TPSA) is 109 Å². The molecule has 1 fully saturated rings. The van der Waals surface area contributed by atoms with Crippen molar-refractivity contribution >= 4 is 22.3 Å². The Labute approximate surface area is 165 Å². The second-order valence-electron chi connectivity index (χ2n) is 6.36. The Kier molecular flexibility index (Phi) is 7.91. The second kappa shape index (κ2) is 10.2. The van der Waals surface area contributed by atoms with Gasteiger partial charge in [-0.15, -0.1) is 0 Å². The molecule has 8 nitrogen and oxygen atoms in total. The SMILES string of the molecule is CC(c1ccc(-c2ccc(NS(C)(=O)=O)nc2)cc1)N1CCOCC1.O=CO. The first-order valence-electron chi connectivity index (χ1n) is 8.78. The molecule has 0 radical (unpaired) electrons. The lowest BCUT2D eigenvalue weighted by Crippen LogP contribution is -2.37. The molecule has 1 aromatic heterocycles. The van der Waals surface area contributed by atoms with Crippen molar-refractivity contribution in [1.82, 2.24) is 9.88 Å². The Balaban J connectivity index is 0.000000878. The fraction of sp³-hybridized carbons (Fsp3) is 0.368. The maximum absolute atomic E-state index is 11.2. The average Bonchev–Trinajstić information content (AvgIpc) is 2.68. The van der Waals surface area contributed by atoms with Crippen LogP contribution in [0.5, 0.6) is 0 Å². The standard InChI is InChI=1S/C18H23N3O3S.CH2O2/c1-14(21-9-11-24-12-10-21)15-3-5-16(6-4-15)17-7-8-18(19-13-17)20-25(2,22)23;2-1-3/h3-8,13-14H,9-12H2,1-2H3,(H,19,20);1H,(H,2,3). The first-order chi connectivity index (χ1) is 13.3. The highest BCUT2D eigenvalue weighted by Crippen LogP contribution is 2.25. The van der Waals surface area contributed by atoms with Crippen molar-refractivity contribution in [2.45, 2.75) is 13.0 Å². The molecule has 2 aromatic rings. The van der Waals surface area contributed by atoms with Gasteiger partial charge in [0.25, 0.3) is 6.47 Å². The summed E-state index contributed by atoms with van der Waals surface area (Å²) in [6, 6.07) is 12.3. The minimum atomic E-state index is -3.31. The van der Waals surface area contributed by atoms with Crippen LogP contribution < -0.4 is 4.72 Å². The van der Waals surface area contributed by atoms with Crippen LogP contribution >= 0.6 is 0 Å². The van der Waals surface area contributed by atoms with E-state index in [1.165, 1.54) is 5.56 Å². The van der Waals surface area contributed by atoms with E-state index >= 15 is 0 Å². The van der Waals surface area contributed by atoms with Crippen molar-refractivity contribution in [3.05, 3.63) is 48.2 Å². The van der Waals surface area contributed by atoms with E-state index in [-0.39, 0.29) is 6.47 Å². The molecule has 1 saturated heterocycles. The van der Waals surface area contributed by atoms with E-state index in [4.69, 9.17) is 14.6 Å². The zero-order valence-corrected chi connectivity index (χ0v) is 16.7. The first kappa shape index (κ1) is 21.8. The molecule has 1 aliphatic heterocycles. The Morgan fingerprint density at radius 1 is 1.14 bits per heavy atom. The van der Waals surface area contributed by atoms with Gasteiger partial charge in [0.1, 0.15) is 5.82 Å². The van der Waals surface area contributed by atoms with Crippen LogP contribution in [0.25, 0.3) is 11.1 Å². The minimum absolute atomic E-state index is 0.250. The zero-order chi connectivity index (χ0) is 20.6. The Morgan fingerprint density at radius 3 is 2.21 bits per heavy atom. The maximum Gasteiger partial charge on any atom is 0.290 e. The quantitative estimate of drug-likeness (QED) is 0.732. The highest BCUT2D eigenvalue weighted by molar-refractivity contribution is 7.92. The van der Waals surface area contributed by atoms with Gasteiger partial charge in [-0.25, -0.2) is 13.4 Å². The molecule has 0 spiro atoms. The van der Waals surface area contributed by atoms with Crippen molar-refractivity contribution in [3.8, 4) is 11.1 Å². The predicted octanol–water partition coefficient (Wildman–Crippen LogP) is 2.21. The molecule has 1 aliphatic rings. The molecule has 1 unspecified atom stereocenters. The summed E-state index contributed by atoms with van der Waals surface area (Å²) in [4.78, 5) is 14.9. The van der Waals surface area contributed by atoms with Crippen LogP contribution in [0.1, 0.15) is 18.5 Å². The fourth-order valence-electron chi connectivity index (χ4n) is 2.94. The monoisotopic (exact) mass is 407 g/mol. The van der Waals surface area contributed by atoms with Crippen molar-refractivity contribution in [2.75, 3.05) is 37.3 Å². The van der Waals surface area contributed by atoms with Gasteiger partial charge in [0.2, 0.25) is 10.0 Å². The molecule has 0 aliphatic carbocycles. The van der Waals surface area contributed by atoms with Crippen LogP contribution in [-0.4, -0.2) is 62.4 Å². The summed E-state index contributed by atoms with van der Waals surface area (Å²) in [6.45, 7) is 5.47. The molecule has 2 heterocycles. The average molecular weight is 407 g/mol. The van der Waals surface area contributed by atoms with E-state index in [2.05, 4.69) is 45.8 Å². The minimum Gasteiger partial charge on any atom is -0.483 e. The summed E-state index contributed by atoms with van der Waals surface area (Å²) >= 11 is 0. The summed E-state index contributed by atoms with van der Waals surface area (Å²) in [5.74, 6) is 0.323. The van der Waals surface area contributed by atoms with Gasteiger partial charge in [0, 0.05) is 30.9 Å². The van der Waals surface area contributed by atoms with E-state index in [9.17, 15) is 8.42 Å². The Bertz CT molecular complexity index is 848. The van der Waals surface area contributed by atoms with E-state index < -0.39 is 10.0 Å².